The molecule has 0 aromatic carbocycles. The van der Waals surface area contributed by atoms with Gasteiger partial charge in [0.05, 0.1) is 0 Å². The summed E-state index contributed by atoms with van der Waals surface area (Å²) in [5.74, 6) is 3.44. The van der Waals surface area contributed by atoms with E-state index in [1.54, 1.807) is 0 Å². The van der Waals surface area contributed by atoms with Gasteiger partial charge in [0.15, 0.2) is 0 Å². The van der Waals surface area contributed by atoms with Gasteiger partial charge in [-0.05, 0) is 0 Å². The number of ether oxygens (including phenoxy) is 2. The van der Waals surface area contributed by atoms with E-state index in [1.165, 1.54) is 64.7 Å². The number of hydrogen-bond acceptors (Lipinski definition) is 2. The molecule has 23 heavy (non-hydrogen) atoms. The minimum absolute atomic E-state index is 0.00424. The first-order chi connectivity index (χ1) is 11.3. The van der Waals surface area contributed by atoms with Crippen molar-refractivity contribution >= 4 is 18.4 Å². The summed E-state index contributed by atoms with van der Waals surface area (Å²) < 4.78 is 19.7. The van der Waals surface area contributed by atoms with E-state index in [0.29, 0.717) is 6.61 Å². The summed E-state index contributed by atoms with van der Waals surface area (Å²) in [6.45, 7) is 8.37. The van der Waals surface area contributed by atoms with Gasteiger partial charge in [-0.2, -0.15) is 0 Å². The van der Waals surface area contributed by atoms with E-state index in [4.69, 9.17) is 9.47 Å². The molecule has 1 unspecified atom stereocenters. The van der Waals surface area contributed by atoms with Crippen molar-refractivity contribution < 1.29 is 9.47 Å². The van der Waals surface area contributed by atoms with Gasteiger partial charge < -0.3 is 0 Å². The number of unbranched alkanes of at least 4 members (excludes halogenated alkanes) is 3. The van der Waals surface area contributed by atoms with Crippen LogP contribution in [0.25, 0.3) is 0 Å². The molecule has 0 saturated carbocycles. The molecular formula is C20H38O2Sn. The van der Waals surface area contributed by atoms with Gasteiger partial charge in [-0.25, -0.2) is 0 Å². The number of rotatable bonds is 11. The van der Waals surface area contributed by atoms with Gasteiger partial charge in [0.2, 0.25) is 0 Å². The zero-order valence-electron chi connectivity index (χ0n) is 15.8. The fourth-order valence-corrected chi connectivity index (χ4v) is 16.6. The van der Waals surface area contributed by atoms with E-state index in [-0.39, 0.29) is 6.29 Å². The maximum absolute atomic E-state index is 5.83. The molecule has 1 saturated heterocycles. The molecule has 0 bridgehead atoms. The van der Waals surface area contributed by atoms with E-state index in [2.05, 4.69) is 30.6 Å². The molecule has 1 atom stereocenters. The second-order valence-electron chi connectivity index (χ2n) is 7.00. The van der Waals surface area contributed by atoms with Crippen molar-refractivity contribution in [3.05, 3.63) is 0 Å². The molecule has 1 rings (SSSR count). The first kappa shape index (κ1) is 21.3. The molecule has 0 N–H and O–H groups in total. The fraction of sp³-hybridized carbons (Fsp3) is 0.900. The Balaban J connectivity index is 2.58. The summed E-state index contributed by atoms with van der Waals surface area (Å²) in [6, 6.07) is 0. The van der Waals surface area contributed by atoms with Crippen LogP contribution in [0, 0.1) is 9.86 Å². The summed E-state index contributed by atoms with van der Waals surface area (Å²) in [6.07, 6.45) is 11.5. The van der Waals surface area contributed by atoms with Gasteiger partial charge in [-0.3, -0.25) is 0 Å². The zero-order valence-corrected chi connectivity index (χ0v) is 18.6. The SMILES string of the molecule is CCC[CH2][Sn]([C]#CCOC1CCCCO1)([CH2]CCC)[CH2]CCC. The summed E-state index contributed by atoms with van der Waals surface area (Å²) in [5, 5.41) is 0. The fourth-order valence-electron chi connectivity index (χ4n) is 3.31. The third-order valence-electron chi connectivity index (χ3n) is 4.86. The molecule has 1 aliphatic heterocycles. The van der Waals surface area contributed by atoms with Gasteiger partial charge in [0.1, 0.15) is 0 Å². The summed E-state index contributed by atoms with van der Waals surface area (Å²) in [5.41, 5.74) is 0. The van der Waals surface area contributed by atoms with Crippen LogP contribution in [0.1, 0.15) is 78.6 Å². The van der Waals surface area contributed by atoms with E-state index in [0.717, 1.165) is 13.0 Å². The van der Waals surface area contributed by atoms with Crippen LogP contribution >= 0.6 is 0 Å². The molecule has 0 radical (unpaired) electrons. The molecule has 0 aliphatic carbocycles. The van der Waals surface area contributed by atoms with E-state index in [9.17, 15) is 0 Å². The monoisotopic (exact) mass is 430 g/mol. The normalized spacial score (nSPS) is 18.5. The van der Waals surface area contributed by atoms with Gasteiger partial charge in [-0.15, -0.1) is 0 Å². The Kier molecular flexibility index (Phi) is 12.6. The topological polar surface area (TPSA) is 18.5 Å². The molecule has 1 heterocycles. The average molecular weight is 429 g/mol. The van der Waals surface area contributed by atoms with Crippen LogP contribution in [0.3, 0.4) is 0 Å². The first-order valence-electron chi connectivity index (χ1n) is 9.99. The third-order valence-corrected chi connectivity index (χ3v) is 18.1. The van der Waals surface area contributed by atoms with Crippen LogP contribution in [0.2, 0.25) is 13.3 Å². The summed E-state index contributed by atoms with van der Waals surface area (Å²) in [4.78, 5) is 0. The Morgan fingerprint density at radius 2 is 1.57 bits per heavy atom. The van der Waals surface area contributed by atoms with Crippen molar-refractivity contribution in [2.24, 2.45) is 0 Å². The van der Waals surface area contributed by atoms with Crippen LogP contribution in [0.15, 0.2) is 0 Å². The van der Waals surface area contributed by atoms with Gasteiger partial charge >= 0.3 is 149 Å². The molecule has 2 nitrogen and oxygen atoms in total. The van der Waals surface area contributed by atoms with Crippen LogP contribution in [-0.4, -0.2) is 37.9 Å². The van der Waals surface area contributed by atoms with Crippen molar-refractivity contribution in [3.8, 4) is 9.86 Å². The molecule has 1 aliphatic rings. The Bertz CT molecular complexity index is 318. The molecule has 0 amide bonds. The summed E-state index contributed by atoms with van der Waals surface area (Å²) in [7, 11) is 0. The van der Waals surface area contributed by atoms with Gasteiger partial charge in [0.25, 0.3) is 0 Å². The van der Waals surface area contributed by atoms with Crippen molar-refractivity contribution in [1.29, 1.82) is 0 Å². The number of hydrogen-bond donors (Lipinski definition) is 0. The predicted molar refractivity (Wildman–Crippen MR) is 102 cm³/mol. The van der Waals surface area contributed by atoms with Crippen molar-refractivity contribution in [3.63, 3.8) is 0 Å². The third kappa shape index (κ3) is 9.36. The van der Waals surface area contributed by atoms with Crippen molar-refractivity contribution in [1.82, 2.24) is 0 Å². The predicted octanol–water partition coefficient (Wildman–Crippen LogP) is 5.92. The van der Waals surface area contributed by atoms with E-state index in [1.807, 2.05) is 0 Å². The Morgan fingerprint density at radius 1 is 0.957 bits per heavy atom. The average Bonchev–Trinajstić information content (AvgIpc) is 2.60. The van der Waals surface area contributed by atoms with Crippen LogP contribution in [0.5, 0.6) is 0 Å². The van der Waals surface area contributed by atoms with E-state index >= 15 is 0 Å². The molecule has 0 aromatic rings. The van der Waals surface area contributed by atoms with Crippen molar-refractivity contribution in [2.75, 3.05) is 13.2 Å². The first-order valence-corrected chi connectivity index (χ1v) is 17.5. The second-order valence-corrected chi connectivity index (χ2v) is 19.3. The Labute approximate surface area is 149 Å². The molecule has 1 fully saturated rings. The standard InChI is InChI=1S/C8H11O2.3C4H9.Sn/c1-2-6-9-8-5-3-4-7-10-8;3*1-3-4-2;/h8H,3-7H2;3*1,3-4H2,2H3;. The van der Waals surface area contributed by atoms with E-state index < -0.39 is 18.4 Å². The molecule has 3 heteroatoms. The van der Waals surface area contributed by atoms with Crippen LogP contribution in [-0.2, 0) is 9.47 Å². The van der Waals surface area contributed by atoms with Crippen LogP contribution in [0.4, 0.5) is 0 Å². The molecule has 134 valence electrons. The van der Waals surface area contributed by atoms with Crippen LogP contribution < -0.4 is 0 Å². The molecular weight excluding hydrogens is 391 g/mol. The minimum atomic E-state index is -2.27. The maximum atomic E-state index is 5.83. The second kappa shape index (κ2) is 13.6. The zero-order chi connectivity index (χ0) is 16.8. The van der Waals surface area contributed by atoms with Crippen molar-refractivity contribution in [2.45, 2.75) is 98.2 Å². The summed E-state index contributed by atoms with van der Waals surface area (Å²) >= 11 is -2.27. The Morgan fingerprint density at radius 3 is 2.04 bits per heavy atom. The Hall–Kier alpha value is 0.279. The molecule has 0 spiro atoms. The quantitative estimate of drug-likeness (QED) is 0.300. The molecule has 0 aromatic heterocycles. The van der Waals surface area contributed by atoms with Gasteiger partial charge in [0, 0.05) is 0 Å². The van der Waals surface area contributed by atoms with Gasteiger partial charge in [-0.1, -0.05) is 0 Å².